The summed E-state index contributed by atoms with van der Waals surface area (Å²) in [6, 6.07) is 1.96. The molecule has 0 saturated carbocycles. The number of aryl methyl sites for hydroxylation is 1. The molecule has 0 spiro atoms. The topological polar surface area (TPSA) is 55.2 Å². The normalized spacial score (nSPS) is 14.1. The lowest BCUT2D eigenvalue weighted by molar-refractivity contribution is 0.265. The molecule has 0 aliphatic heterocycles. The molecule has 1 aromatic rings. The molecule has 5 nitrogen and oxygen atoms in total. The van der Waals surface area contributed by atoms with Crippen molar-refractivity contribution in [3.8, 4) is 0 Å². The lowest BCUT2D eigenvalue weighted by Gasteiger charge is -2.23. The summed E-state index contributed by atoms with van der Waals surface area (Å²) in [5.41, 5.74) is 0. The van der Waals surface area contributed by atoms with Gasteiger partial charge in [0.1, 0.15) is 9.84 Å². The Kier molecular flexibility index (Phi) is 5.14. The van der Waals surface area contributed by atoms with Gasteiger partial charge in [-0.1, -0.05) is 0 Å². The maximum atomic E-state index is 11.2. The van der Waals surface area contributed by atoms with E-state index in [0.717, 1.165) is 19.5 Å². The van der Waals surface area contributed by atoms with Crippen LogP contribution in [0, 0.1) is 0 Å². The van der Waals surface area contributed by atoms with Crippen molar-refractivity contribution >= 4 is 9.84 Å². The summed E-state index contributed by atoms with van der Waals surface area (Å²) >= 11 is 0. The van der Waals surface area contributed by atoms with Gasteiger partial charge in [0.05, 0.1) is 5.75 Å². The van der Waals surface area contributed by atoms with E-state index in [1.54, 1.807) is 6.20 Å². The molecule has 0 aliphatic carbocycles. The predicted octanol–water partition coefficient (Wildman–Crippen LogP) is 0.638. The summed E-state index contributed by atoms with van der Waals surface area (Å²) in [4.78, 5) is 2.07. The van der Waals surface area contributed by atoms with Crippen molar-refractivity contribution in [2.75, 3.05) is 25.6 Å². The van der Waals surface area contributed by atoms with Gasteiger partial charge in [-0.2, -0.15) is 5.10 Å². The van der Waals surface area contributed by atoms with Crippen LogP contribution in [0.5, 0.6) is 0 Å². The highest BCUT2D eigenvalue weighted by atomic mass is 32.2. The van der Waals surface area contributed by atoms with E-state index in [0.29, 0.717) is 0 Å². The molecule has 17 heavy (non-hydrogen) atoms. The lowest BCUT2D eigenvalue weighted by Crippen LogP contribution is -2.35. The molecule has 0 fully saturated rings. The minimum Gasteiger partial charge on any atom is -0.303 e. The van der Waals surface area contributed by atoms with Gasteiger partial charge >= 0.3 is 0 Å². The lowest BCUT2D eigenvalue weighted by atomic mass is 10.3. The first-order valence-corrected chi connectivity index (χ1v) is 7.80. The van der Waals surface area contributed by atoms with Gasteiger partial charge < -0.3 is 4.90 Å². The second-order valence-electron chi connectivity index (χ2n) is 4.54. The molecule has 1 atom stereocenters. The average molecular weight is 259 g/mol. The Morgan fingerprint density at radius 1 is 1.47 bits per heavy atom. The monoisotopic (exact) mass is 259 g/mol. The maximum absolute atomic E-state index is 11.2. The smallest absolute Gasteiger partial charge is 0.148 e. The van der Waals surface area contributed by atoms with E-state index >= 15 is 0 Å². The van der Waals surface area contributed by atoms with E-state index in [2.05, 4.69) is 10.00 Å². The second-order valence-corrected chi connectivity index (χ2v) is 6.73. The van der Waals surface area contributed by atoms with Crippen LogP contribution >= 0.6 is 0 Å². The molecule has 0 aliphatic rings. The zero-order valence-electron chi connectivity index (χ0n) is 10.7. The summed E-state index contributed by atoms with van der Waals surface area (Å²) in [7, 11) is -0.939. The molecule has 1 aromatic heterocycles. The molecule has 0 saturated heterocycles. The van der Waals surface area contributed by atoms with Crippen LogP contribution in [0.15, 0.2) is 18.5 Å². The fraction of sp³-hybridized carbons (Fsp3) is 0.727. The highest BCUT2D eigenvalue weighted by molar-refractivity contribution is 7.90. The van der Waals surface area contributed by atoms with Crippen molar-refractivity contribution in [3.63, 3.8) is 0 Å². The predicted molar refractivity (Wildman–Crippen MR) is 68.6 cm³/mol. The molecule has 1 unspecified atom stereocenters. The van der Waals surface area contributed by atoms with Gasteiger partial charge in [-0.3, -0.25) is 4.68 Å². The van der Waals surface area contributed by atoms with E-state index in [-0.39, 0.29) is 11.8 Å². The number of hydrogen-bond acceptors (Lipinski definition) is 4. The van der Waals surface area contributed by atoms with Crippen LogP contribution in [-0.4, -0.2) is 54.7 Å². The molecular weight excluding hydrogens is 238 g/mol. The molecule has 0 aromatic carbocycles. The van der Waals surface area contributed by atoms with Crippen LogP contribution in [0.25, 0.3) is 0 Å². The minimum absolute atomic E-state index is 0.0580. The first-order valence-electron chi connectivity index (χ1n) is 5.74. The fourth-order valence-electron chi connectivity index (χ4n) is 1.70. The highest BCUT2D eigenvalue weighted by Gasteiger charge is 2.14. The molecule has 0 bridgehead atoms. The number of sulfone groups is 1. The second kappa shape index (κ2) is 6.16. The maximum Gasteiger partial charge on any atom is 0.148 e. The third-order valence-electron chi connectivity index (χ3n) is 2.75. The van der Waals surface area contributed by atoms with Gasteiger partial charge in [-0.15, -0.1) is 0 Å². The van der Waals surface area contributed by atoms with E-state index in [1.807, 2.05) is 30.9 Å². The van der Waals surface area contributed by atoms with E-state index in [9.17, 15) is 8.42 Å². The van der Waals surface area contributed by atoms with Crippen LogP contribution in [0.2, 0.25) is 0 Å². The molecule has 0 radical (unpaired) electrons. The van der Waals surface area contributed by atoms with Crippen LogP contribution in [0.1, 0.15) is 13.3 Å². The van der Waals surface area contributed by atoms with Crippen molar-refractivity contribution < 1.29 is 8.42 Å². The quantitative estimate of drug-likeness (QED) is 0.721. The number of aromatic nitrogens is 2. The molecule has 1 heterocycles. The highest BCUT2D eigenvalue weighted by Crippen LogP contribution is 2.01. The molecule has 0 amide bonds. The third-order valence-corrected chi connectivity index (χ3v) is 3.84. The van der Waals surface area contributed by atoms with Crippen molar-refractivity contribution in [1.29, 1.82) is 0 Å². The summed E-state index contributed by atoms with van der Waals surface area (Å²) in [5.74, 6) is 0.214. The van der Waals surface area contributed by atoms with Crippen LogP contribution in [0.3, 0.4) is 0 Å². The van der Waals surface area contributed by atoms with Gasteiger partial charge in [0, 0.05) is 31.2 Å². The molecule has 98 valence electrons. The van der Waals surface area contributed by atoms with Crippen LogP contribution in [0.4, 0.5) is 0 Å². The van der Waals surface area contributed by atoms with Gasteiger partial charge in [0.15, 0.2) is 0 Å². The van der Waals surface area contributed by atoms with Crippen molar-refractivity contribution in [3.05, 3.63) is 18.5 Å². The number of hydrogen-bond donors (Lipinski definition) is 0. The van der Waals surface area contributed by atoms with Crippen molar-refractivity contribution in [2.24, 2.45) is 0 Å². The first kappa shape index (κ1) is 14.2. The zero-order chi connectivity index (χ0) is 12.9. The summed E-state index contributed by atoms with van der Waals surface area (Å²) < 4.78 is 24.2. The third kappa shape index (κ3) is 5.83. The van der Waals surface area contributed by atoms with Gasteiger partial charge in [0.2, 0.25) is 0 Å². The first-order chi connectivity index (χ1) is 7.88. The Labute approximate surface area is 103 Å². The van der Waals surface area contributed by atoms with Crippen LogP contribution in [-0.2, 0) is 16.4 Å². The SMILES string of the molecule is CC(CS(C)(=O)=O)N(C)CCCn1cccn1. The number of rotatable bonds is 7. The summed E-state index contributed by atoms with van der Waals surface area (Å²) in [6.45, 7) is 3.68. The molecule has 0 N–H and O–H groups in total. The van der Waals surface area contributed by atoms with Crippen molar-refractivity contribution in [1.82, 2.24) is 14.7 Å². The largest absolute Gasteiger partial charge is 0.303 e. The van der Waals surface area contributed by atoms with E-state index in [4.69, 9.17) is 0 Å². The summed E-state index contributed by atoms with van der Waals surface area (Å²) in [6.07, 6.45) is 5.93. The van der Waals surface area contributed by atoms with E-state index < -0.39 is 9.84 Å². The van der Waals surface area contributed by atoms with Gasteiger partial charge in [0.25, 0.3) is 0 Å². The van der Waals surface area contributed by atoms with Crippen LogP contribution < -0.4 is 0 Å². The standard InChI is InChI=1S/C11H21N3O2S/c1-11(10-17(3,15)16)13(2)7-5-9-14-8-4-6-12-14/h4,6,8,11H,5,7,9-10H2,1-3H3. The molecule has 6 heteroatoms. The van der Waals surface area contributed by atoms with Gasteiger partial charge in [-0.05, 0) is 33.0 Å². The average Bonchev–Trinajstić information content (AvgIpc) is 2.67. The van der Waals surface area contributed by atoms with E-state index in [1.165, 1.54) is 6.26 Å². The molecular formula is C11H21N3O2S. The number of nitrogens with zero attached hydrogens (tertiary/aromatic N) is 3. The van der Waals surface area contributed by atoms with Crippen molar-refractivity contribution in [2.45, 2.75) is 25.9 Å². The zero-order valence-corrected chi connectivity index (χ0v) is 11.5. The Bertz CT molecular complexity index is 414. The minimum atomic E-state index is -2.90. The Morgan fingerprint density at radius 3 is 2.71 bits per heavy atom. The Morgan fingerprint density at radius 2 is 2.18 bits per heavy atom. The fourth-order valence-corrected chi connectivity index (χ4v) is 2.83. The Hall–Kier alpha value is -0.880. The van der Waals surface area contributed by atoms with Gasteiger partial charge in [-0.25, -0.2) is 8.42 Å². The summed E-state index contributed by atoms with van der Waals surface area (Å²) in [5, 5.41) is 4.12. The Balaban J connectivity index is 2.27. The molecule has 1 rings (SSSR count).